The van der Waals surface area contributed by atoms with Crippen molar-refractivity contribution >= 4 is 17.9 Å². The van der Waals surface area contributed by atoms with Gasteiger partial charge in [-0.2, -0.15) is 0 Å². The van der Waals surface area contributed by atoms with Crippen molar-refractivity contribution in [2.75, 3.05) is 26.6 Å². The summed E-state index contributed by atoms with van der Waals surface area (Å²) in [6, 6.07) is 17.6. The van der Waals surface area contributed by atoms with Crippen molar-refractivity contribution in [3.63, 3.8) is 0 Å². The molecule has 8 heteroatoms. The number of carbonyl (C=O) groups is 3. The molecule has 2 unspecified atom stereocenters. The second-order valence-corrected chi connectivity index (χ2v) is 13.0. The first-order valence-electron chi connectivity index (χ1n) is 18.0. The number of carbonyl (C=O) groups excluding carboxylic acids is 3. The molecule has 2 aromatic carbocycles. The summed E-state index contributed by atoms with van der Waals surface area (Å²) in [7, 11) is 0. The van der Waals surface area contributed by atoms with Crippen LogP contribution in [0.15, 0.2) is 61.2 Å². The summed E-state index contributed by atoms with van der Waals surface area (Å²) in [5, 5.41) is 0. The first-order valence-corrected chi connectivity index (χ1v) is 18.0. The summed E-state index contributed by atoms with van der Waals surface area (Å²) < 4.78 is 26.4. The smallest absolute Gasteiger partial charge is 0.338 e. The molecule has 1 aliphatic carbocycles. The highest BCUT2D eigenvalue weighted by Crippen LogP contribution is 2.42. The third-order valence-electron chi connectivity index (χ3n) is 9.49. The highest BCUT2D eigenvalue weighted by Gasteiger charge is 2.42. The third kappa shape index (κ3) is 11.9. The third-order valence-corrected chi connectivity index (χ3v) is 9.49. The molecule has 8 nitrogen and oxygen atoms in total. The van der Waals surface area contributed by atoms with Crippen LogP contribution in [0.4, 0.5) is 0 Å². The van der Waals surface area contributed by atoms with Crippen LogP contribution in [0.25, 0.3) is 11.1 Å². The van der Waals surface area contributed by atoms with Gasteiger partial charge >= 0.3 is 17.9 Å². The molecule has 2 atom stereocenters. The molecule has 0 amide bonds. The number of aryl methyl sites for hydroxylation is 1. The monoisotopic (exact) mass is 662 g/mol. The summed E-state index contributed by atoms with van der Waals surface area (Å²) in [4.78, 5) is 36.1. The molecular weight excluding hydrogens is 608 g/mol. The van der Waals surface area contributed by atoms with Gasteiger partial charge in [-0.15, -0.1) is 0 Å². The molecule has 0 spiro atoms. The Morgan fingerprint density at radius 1 is 0.771 bits per heavy atom. The van der Waals surface area contributed by atoms with Gasteiger partial charge in [0.15, 0.2) is 12.2 Å². The van der Waals surface area contributed by atoms with Gasteiger partial charge in [-0.05, 0) is 91.9 Å². The molecule has 0 radical (unpaired) electrons. The maximum Gasteiger partial charge on any atom is 0.338 e. The zero-order valence-electron chi connectivity index (χ0n) is 28.7. The SMILES string of the molecule is C=CC(=O)OCCCCCCC1CCC(c2cc(CCCCOC(=O)C3OCOC3C(=O)OCCCC)ccc2-c2ccccc2)CC1. The summed E-state index contributed by atoms with van der Waals surface area (Å²) in [5.74, 6) is -0.165. The number of unbranched alkanes of at least 4 members (excludes halogenated alkanes) is 5. The minimum absolute atomic E-state index is 0.131. The van der Waals surface area contributed by atoms with Crippen molar-refractivity contribution in [3.05, 3.63) is 72.3 Å². The van der Waals surface area contributed by atoms with Crippen molar-refractivity contribution in [2.24, 2.45) is 5.92 Å². The van der Waals surface area contributed by atoms with E-state index in [1.807, 2.05) is 6.92 Å². The Balaban J connectivity index is 1.23. The van der Waals surface area contributed by atoms with Gasteiger partial charge in [-0.3, -0.25) is 0 Å². The number of esters is 3. The van der Waals surface area contributed by atoms with E-state index >= 15 is 0 Å². The van der Waals surface area contributed by atoms with Crippen LogP contribution in [0.3, 0.4) is 0 Å². The molecule has 0 N–H and O–H groups in total. The van der Waals surface area contributed by atoms with Gasteiger partial charge in [0.25, 0.3) is 0 Å². The lowest BCUT2D eigenvalue weighted by molar-refractivity contribution is -0.163. The van der Waals surface area contributed by atoms with E-state index in [1.165, 1.54) is 73.3 Å². The molecule has 2 aromatic rings. The fraction of sp³-hybridized carbons (Fsp3) is 0.575. The molecule has 4 rings (SSSR count). The van der Waals surface area contributed by atoms with E-state index in [1.54, 1.807) is 0 Å². The maximum atomic E-state index is 12.6. The van der Waals surface area contributed by atoms with Crippen LogP contribution in [0, 0.1) is 5.92 Å². The summed E-state index contributed by atoms with van der Waals surface area (Å²) >= 11 is 0. The first-order chi connectivity index (χ1) is 23.5. The van der Waals surface area contributed by atoms with Gasteiger partial charge < -0.3 is 23.7 Å². The lowest BCUT2D eigenvalue weighted by Crippen LogP contribution is -2.39. The molecule has 1 saturated heterocycles. The molecule has 0 bridgehead atoms. The van der Waals surface area contributed by atoms with Crippen molar-refractivity contribution in [1.82, 2.24) is 0 Å². The average Bonchev–Trinajstić information content (AvgIpc) is 3.62. The average molecular weight is 663 g/mol. The molecule has 1 aliphatic heterocycles. The summed E-state index contributed by atoms with van der Waals surface area (Å²) in [6.45, 7) is 6.35. The molecular formula is C40H54O8. The Hall–Kier alpha value is -3.49. The number of hydrogen-bond donors (Lipinski definition) is 0. The second kappa shape index (κ2) is 20.8. The largest absolute Gasteiger partial charge is 0.464 e. The minimum atomic E-state index is -1.08. The van der Waals surface area contributed by atoms with E-state index in [9.17, 15) is 14.4 Å². The predicted octanol–water partition coefficient (Wildman–Crippen LogP) is 8.26. The molecule has 262 valence electrons. The molecule has 0 aromatic heterocycles. The van der Waals surface area contributed by atoms with E-state index in [0.29, 0.717) is 25.6 Å². The van der Waals surface area contributed by atoms with E-state index < -0.39 is 24.1 Å². The van der Waals surface area contributed by atoms with Gasteiger partial charge in [0.05, 0.1) is 19.8 Å². The van der Waals surface area contributed by atoms with Crippen LogP contribution >= 0.6 is 0 Å². The van der Waals surface area contributed by atoms with Crippen molar-refractivity contribution < 1.29 is 38.1 Å². The standard InChI is InChI=1S/C40H54O8/c1-3-5-25-45-39(42)37-38(48-29-47-37)40(43)46-27-14-12-16-31-21-24-34(32-17-10-8-11-18-32)35(28-31)33-22-19-30(20-23-33)15-9-6-7-13-26-44-36(41)4-2/h4,8,10-11,17-18,21,24,28,30,33,37-38H,2-3,5-7,9,12-16,19-20,22-23,25-27,29H2,1H3. The molecule has 2 fully saturated rings. The van der Waals surface area contributed by atoms with Crippen molar-refractivity contribution in [1.29, 1.82) is 0 Å². The molecule has 48 heavy (non-hydrogen) atoms. The maximum absolute atomic E-state index is 12.6. The number of ether oxygens (including phenoxy) is 5. The normalized spacial score (nSPS) is 20.6. The first kappa shape index (κ1) is 37.3. The zero-order chi connectivity index (χ0) is 34.0. The van der Waals surface area contributed by atoms with E-state index in [0.717, 1.165) is 44.4 Å². The quantitative estimate of drug-likeness (QED) is 0.0605. The lowest BCUT2D eigenvalue weighted by Gasteiger charge is -2.30. The Bertz CT molecular complexity index is 1280. The Morgan fingerprint density at radius 3 is 2.10 bits per heavy atom. The fourth-order valence-corrected chi connectivity index (χ4v) is 6.70. The predicted molar refractivity (Wildman–Crippen MR) is 185 cm³/mol. The van der Waals surface area contributed by atoms with Crippen LogP contribution < -0.4 is 0 Å². The highest BCUT2D eigenvalue weighted by atomic mass is 16.7. The van der Waals surface area contributed by atoms with Gasteiger partial charge in [-0.1, -0.05) is 94.1 Å². The van der Waals surface area contributed by atoms with Crippen LogP contribution in [-0.4, -0.2) is 56.7 Å². The van der Waals surface area contributed by atoms with Crippen LogP contribution in [0.1, 0.15) is 107 Å². The Morgan fingerprint density at radius 2 is 1.42 bits per heavy atom. The van der Waals surface area contributed by atoms with Gasteiger partial charge in [0.1, 0.15) is 6.79 Å². The number of benzene rings is 2. The lowest BCUT2D eigenvalue weighted by atomic mass is 9.75. The Kier molecular flexibility index (Phi) is 16.2. The van der Waals surface area contributed by atoms with Crippen LogP contribution in [0.2, 0.25) is 0 Å². The topological polar surface area (TPSA) is 97.4 Å². The van der Waals surface area contributed by atoms with E-state index in [4.69, 9.17) is 23.7 Å². The van der Waals surface area contributed by atoms with Gasteiger partial charge in [0, 0.05) is 6.08 Å². The van der Waals surface area contributed by atoms with Gasteiger partial charge in [0.2, 0.25) is 0 Å². The van der Waals surface area contributed by atoms with E-state index in [-0.39, 0.29) is 19.4 Å². The second-order valence-electron chi connectivity index (χ2n) is 13.0. The van der Waals surface area contributed by atoms with Crippen LogP contribution in [-0.2, 0) is 44.5 Å². The van der Waals surface area contributed by atoms with Gasteiger partial charge in [-0.25, -0.2) is 14.4 Å². The fourth-order valence-electron chi connectivity index (χ4n) is 6.70. The number of hydrogen-bond acceptors (Lipinski definition) is 8. The zero-order valence-corrected chi connectivity index (χ0v) is 28.7. The molecule has 1 heterocycles. The number of rotatable bonds is 20. The van der Waals surface area contributed by atoms with Crippen molar-refractivity contribution in [3.8, 4) is 11.1 Å². The highest BCUT2D eigenvalue weighted by molar-refractivity contribution is 5.86. The minimum Gasteiger partial charge on any atom is -0.464 e. The molecule has 2 aliphatic rings. The summed E-state index contributed by atoms with van der Waals surface area (Å²) in [5.41, 5.74) is 5.35. The molecule has 1 saturated carbocycles. The summed E-state index contributed by atoms with van der Waals surface area (Å²) in [6.07, 6.45) is 13.9. The van der Waals surface area contributed by atoms with Crippen LogP contribution in [0.5, 0.6) is 0 Å². The van der Waals surface area contributed by atoms with E-state index in [2.05, 4.69) is 55.1 Å². The Labute approximate surface area is 286 Å². The van der Waals surface area contributed by atoms with Crippen molar-refractivity contribution in [2.45, 2.75) is 115 Å².